The van der Waals surface area contributed by atoms with Crippen LogP contribution in [-0.2, 0) is 0 Å². The average Bonchev–Trinajstić information content (AvgIpc) is 3.79. The Morgan fingerprint density at radius 2 is 1.00 bits per heavy atom. The molecule has 0 aliphatic heterocycles. The monoisotopic (exact) mass is 577 g/mol. The van der Waals surface area contributed by atoms with E-state index < -0.39 is 0 Å². The molecular formula is C41H23NO3. The number of para-hydroxylation sites is 2. The molecule has 0 amide bonds. The first-order valence-electron chi connectivity index (χ1n) is 15.0. The Morgan fingerprint density at radius 1 is 0.356 bits per heavy atom. The molecule has 0 unspecified atom stereocenters. The van der Waals surface area contributed by atoms with Crippen LogP contribution in [0.5, 0.6) is 0 Å². The van der Waals surface area contributed by atoms with Crippen molar-refractivity contribution >= 4 is 65.8 Å². The second kappa shape index (κ2) is 9.18. The van der Waals surface area contributed by atoms with Crippen molar-refractivity contribution in [1.82, 2.24) is 4.98 Å². The van der Waals surface area contributed by atoms with E-state index in [2.05, 4.69) is 84.9 Å². The molecule has 6 aromatic carbocycles. The zero-order chi connectivity index (χ0) is 29.5. The summed E-state index contributed by atoms with van der Waals surface area (Å²) < 4.78 is 19.9. The van der Waals surface area contributed by atoms with E-state index in [0.29, 0.717) is 0 Å². The lowest BCUT2D eigenvalue weighted by molar-refractivity contribution is 0.660. The summed E-state index contributed by atoms with van der Waals surface area (Å²) in [5.74, 6) is 0. The second-order valence-corrected chi connectivity index (χ2v) is 11.5. The molecule has 0 bridgehead atoms. The molecule has 45 heavy (non-hydrogen) atoms. The highest BCUT2D eigenvalue weighted by Gasteiger charge is 2.24. The third-order valence-electron chi connectivity index (χ3n) is 8.87. The van der Waals surface area contributed by atoms with E-state index in [1.165, 1.54) is 0 Å². The number of hydrogen-bond acceptors (Lipinski definition) is 4. The highest BCUT2D eigenvalue weighted by molar-refractivity contribution is 6.33. The molecule has 4 heterocycles. The summed E-state index contributed by atoms with van der Waals surface area (Å²) in [5, 5.41) is 6.12. The van der Waals surface area contributed by atoms with E-state index >= 15 is 0 Å². The highest BCUT2D eigenvalue weighted by atomic mass is 16.3. The fraction of sp³-hybridized carbons (Fsp3) is 0. The van der Waals surface area contributed by atoms with Gasteiger partial charge in [0.15, 0.2) is 0 Å². The van der Waals surface area contributed by atoms with Crippen molar-refractivity contribution in [3.05, 3.63) is 140 Å². The van der Waals surface area contributed by atoms with Crippen molar-refractivity contribution < 1.29 is 13.3 Å². The predicted octanol–water partition coefficient (Wildman–Crippen LogP) is 11.8. The van der Waals surface area contributed by atoms with Gasteiger partial charge in [0.05, 0.1) is 16.8 Å². The van der Waals surface area contributed by atoms with Gasteiger partial charge in [-0.15, -0.1) is 0 Å². The molecule has 0 saturated carbocycles. The van der Waals surface area contributed by atoms with Crippen molar-refractivity contribution in [2.75, 3.05) is 0 Å². The van der Waals surface area contributed by atoms with Crippen molar-refractivity contribution in [3.63, 3.8) is 0 Å². The maximum absolute atomic E-state index is 6.71. The molecule has 10 rings (SSSR count). The maximum Gasteiger partial charge on any atom is 0.147 e. The van der Waals surface area contributed by atoms with Crippen molar-refractivity contribution in [2.24, 2.45) is 0 Å². The van der Waals surface area contributed by atoms with E-state index in [-0.39, 0.29) is 0 Å². The standard InChI is InChI=1S/C41H23NO3/c1-3-11-24(12-4-1)26-21-31(25-13-5-2-6-14-25)42-32(22-26)30-23-36-38(37-29-16-8-10-18-34(29)45-41(30)37)39-35(43-36)20-19-28-27-15-7-9-17-33(27)44-40(28)39/h1-23H. The number of hydrogen-bond donors (Lipinski definition) is 0. The van der Waals surface area contributed by atoms with Crippen LogP contribution in [0.25, 0.3) is 99.5 Å². The molecule has 0 aliphatic carbocycles. The zero-order valence-electron chi connectivity index (χ0n) is 24.0. The molecule has 4 heteroatoms. The highest BCUT2D eigenvalue weighted by Crippen LogP contribution is 2.47. The molecule has 0 spiro atoms. The maximum atomic E-state index is 6.71. The van der Waals surface area contributed by atoms with Gasteiger partial charge in [-0.1, -0.05) is 97.1 Å². The lowest BCUT2D eigenvalue weighted by Gasteiger charge is -2.11. The van der Waals surface area contributed by atoms with Gasteiger partial charge in [-0.3, -0.25) is 0 Å². The molecule has 4 aromatic heterocycles. The Hall–Kier alpha value is -6.13. The molecule has 10 aromatic rings. The van der Waals surface area contributed by atoms with Gasteiger partial charge in [0.25, 0.3) is 0 Å². The summed E-state index contributed by atoms with van der Waals surface area (Å²) in [4.78, 5) is 5.24. The normalized spacial score (nSPS) is 12.0. The van der Waals surface area contributed by atoms with Crippen molar-refractivity contribution in [1.29, 1.82) is 0 Å². The Morgan fingerprint density at radius 3 is 1.80 bits per heavy atom. The number of aromatic nitrogens is 1. The minimum atomic E-state index is 0.764. The molecule has 0 atom stereocenters. The topological polar surface area (TPSA) is 52.3 Å². The largest absolute Gasteiger partial charge is 0.456 e. The lowest BCUT2D eigenvalue weighted by Crippen LogP contribution is -1.92. The van der Waals surface area contributed by atoms with E-state index in [9.17, 15) is 0 Å². The molecule has 0 N–H and O–H groups in total. The van der Waals surface area contributed by atoms with Gasteiger partial charge >= 0.3 is 0 Å². The summed E-state index contributed by atoms with van der Waals surface area (Å²) in [6.45, 7) is 0. The van der Waals surface area contributed by atoms with Crippen LogP contribution in [0.3, 0.4) is 0 Å². The smallest absolute Gasteiger partial charge is 0.147 e. The molecule has 4 nitrogen and oxygen atoms in total. The minimum absolute atomic E-state index is 0.764. The van der Waals surface area contributed by atoms with E-state index in [4.69, 9.17) is 18.2 Å². The van der Waals surface area contributed by atoms with Gasteiger partial charge in [0.1, 0.15) is 33.5 Å². The number of pyridine rings is 1. The lowest BCUT2D eigenvalue weighted by atomic mass is 9.97. The van der Waals surface area contributed by atoms with Gasteiger partial charge in [-0.25, -0.2) is 4.98 Å². The fourth-order valence-electron chi connectivity index (χ4n) is 6.83. The van der Waals surface area contributed by atoms with Crippen molar-refractivity contribution in [3.8, 4) is 33.6 Å². The molecule has 210 valence electrons. The Bertz CT molecular complexity index is 2690. The van der Waals surface area contributed by atoms with Gasteiger partial charge in [0.2, 0.25) is 0 Å². The number of benzene rings is 6. The van der Waals surface area contributed by atoms with Crippen LogP contribution < -0.4 is 0 Å². The fourth-order valence-corrected chi connectivity index (χ4v) is 6.83. The van der Waals surface area contributed by atoms with Crippen molar-refractivity contribution in [2.45, 2.75) is 0 Å². The van der Waals surface area contributed by atoms with Crippen LogP contribution in [0.1, 0.15) is 0 Å². The zero-order valence-corrected chi connectivity index (χ0v) is 24.0. The van der Waals surface area contributed by atoms with Crippen LogP contribution in [0, 0.1) is 0 Å². The first kappa shape index (κ1) is 24.3. The third-order valence-corrected chi connectivity index (χ3v) is 8.87. The quantitative estimate of drug-likeness (QED) is 0.210. The molecule has 0 aliphatic rings. The predicted molar refractivity (Wildman–Crippen MR) is 182 cm³/mol. The summed E-state index contributed by atoms with van der Waals surface area (Å²) in [7, 11) is 0. The third kappa shape index (κ3) is 3.57. The second-order valence-electron chi connectivity index (χ2n) is 11.5. The first-order valence-corrected chi connectivity index (χ1v) is 15.0. The molecule has 0 fully saturated rings. The number of rotatable bonds is 3. The Kier molecular flexibility index (Phi) is 4.96. The van der Waals surface area contributed by atoms with E-state index in [0.717, 1.165) is 99.5 Å². The molecular weight excluding hydrogens is 554 g/mol. The van der Waals surface area contributed by atoms with Crippen LogP contribution >= 0.6 is 0 Å². The number of furan rings is 3. The number of nitrogens with zero attached hydrogens (tertiary/aromatic N) is 1. The van der Waals surface area contributed by atoms with Crippen LogP contribution in [0.15, 0.2) is 153 Å². The summed E-state index contributed by atoms with van der Waals surface area (Å²) in [6, 6.07) is 47.6. The summed E-state index contributed by atoms with van der Waals surface area (Å²) >= 11 is 0. The van der Waals surface area contributed by atoms with E-state index in [1.807, 2.05) is 54.6 Å². The van der Waals surface area contributed by atoms with Crippen LogP contribution in [0.2, 0.25) is 0 Å². The van der Waals surface area contributed by atoms with E-state index in [1.54, 1.807) is 0 Å². The Labute approximate surface area is 256 Å². The minimum Gasteiger partial charge on any atom is -0.456 e. The van der Waals surface area contributed by atoms with Gasteiger partial charge < -0.3 is 13.3 Å². The SMILES string of the molecule is c1ccc(-c2cc(-c3ccccc3)nc(-c3cc4oc5ccc6c7ccccc7oc6c5c4c4c3oc3ccccc34)c2)cc1. The molecule has 0 saturated heterocycles. The summed E-state index contributed by atoms with van der Waals surface area (Å²) in [6.07, 6.45) is 0. The summed E-state index contributed by atoms with van der Waals surface area (Å²) in [5.41, 5.74) is 10.6. The molecule has 0 radical (unpaired) electrons. The first-order chi connectivity index (χ1) is 22.3. The van der Waals surface area contributed by atoms with Gasteiger partial charge in [-0.2, -0.15) is 0 Å². The van der Waals surface area contributed by atoms with Crippen LogP contribution in [-0.4, -0.2) is 4.98 Å². The van der Waals surface area contributed by atoms with Gasteiger partial charge in [-0.05, 0) is 53.6 Å². The Balaban J connectivity index is 1.35. The van der Waals surface area contributed by atoms with Gasteiger partial charge in [0, 0.05) is 38.1 Å². The van der Waals surface area contributed by atoms with Crippen LogP contribution in [0.4, 0.5) is 0 Å². The number of fused-ring (bicyclic) bond motifs is 11. The average molecular weight is 578 g/mol.